The fourth-order valence-electron chi connectivity index (χ4n) is 2.14. The molecule has 0 aliphatic rings. The smallest absolute Gasteiger partial charge is 0.333 e. The van der Waals surface area contributed by atoms with Gasteiger partial charge in [-0.1, -0.05) is 37.3 Å². The van der Waals surface area contributed by atoms with E-state index in [4.69, 9.17) is 9.47 Å². The van der Waals surface area contributed by atoms with Gasteiger partial charge in [0.1, 0.15) is 6.61 Å². The molecule has 0 saturated heterocycles. The van der Waals surface area contributed by atoms with E-state index in [-0.39, 0.29) is 5.97 Å². The molecule has 0 aliphatic carbocycles. The van der Waals surface area contributed by atoms with Crippen LogP contribution in [0.3, 0.4) is 0 Å². The summed E-state index contributed by atoms with van der Waals surface area (Å²) >= 11 is 0. The van der Waals surface area contributed by atoms with E-state index in [2.05, 4.69) is 5.10 Å². The van der Waals surface area contributed by atoms with Gasteiger partial charge < -0.3 is 9.47 Å². The SMILES string of the molecule is CCOC(=O)/C(=C/c1cn(C)nc1OCc1ccccc1)CC. The average molecular weight is 314 g/mol. The van der Waals surface area contributed by atoms with Crippen molar-refractivity contribution < 1.29 is 14.3 Å². The maximum atomic E-state index is 11.9. The minimum Gasteiger partial charge on any atom is -0.471 e. The zero-order valence-corrected chi connectivity index (χ0v) is 13.8. The molecular weight excluding hydrogens is 292 g/mol. The molecule has 1 aromatic heterocycles. The summed E-state index contributed by atoms with van der Waals surface area (Å²) in [5.41, 5.74) is 2.44. The summed E-state index contributed by atoms with van der Waals surface area (Å²) in [6.45, 7) is 4.51. The molecule has 23 heavy (non-hydrogen) atoms. The Hall–Kier alpha value is -2.56. The van der Waals surface area contributed by atoms with Crippen LogP contribution in [0.2, 0.25) is 0 Å². The molecule has 0 N–H and O–H groups in total. The molecule has 0 aliphatic heterocycles. The molecule has 5 nitrogen and oxygen atoms in total. The number of aromatic nitrogens is 2. The summed E-state index contributed by atoms with van der Waals surface area (Å²) < 4.78 is 12.5. The number of rotatable bonds is 7. The normalized spacial score (nSPS) is 11.3. The molecule has 0 spiro atoms. The van der Waals surface area contributed by atoms with Crippen LogP contribution in [-0.2, 0) is 23.2 Å². The number of aryl methyl sites for hydroxylation is 1. The van der Waals surface area contributed by atoms with E-state index < -0.39 is 0 Å². The van der Waals surface area contributed by atoms with E-state index in [1.807, 2.05) is 50.5 Å². The van der Waals surface area contributed by atoms with Crippen LogP contribution in [0.4, 0.5) is 0 Å². The molecule has 122 valence electrons. The molecule has 2 aromatic rings. The Morgan fingerprint density at radius 3 is 2.65 bits per heavy atom. The maximum absolute atomic E-state index is 11.9. The van der Waals surface area contributed by atoms with Crippen LogP contribution in [-0.4, -0.2) is 22.4 Å². The van der Waals surface area contributed by atoms with Crippen LogP contribution >= 0.6 is 0 Å². The van der Waals surface area contributed by atoms with Crippen molar-refractivity contribution in [2.45, 2.75) is 26.9 Å². The highest BCUT2D eigenvalue weighted by Crippen LogP contribution is 2.21. The monoisotopic (exact) mass is 314 g/mol. The van der Waals surface area contributed by atoms with Gasteiger partial charge in [0.25, 0.3) is 0 Å². The van der Waals surface area contributed by atoms with Crippen LogP contribution in [0.25, 0.3) is 6.08 Å². The first-order chi connectivity index (χ1) is 11.1. The number of benzene rings is 1. The van der Waals surface area contributed by atoms with Crippen molar-refractivity contribution in [3.05, 3.63) is 53.2 Å². The average Bonchev–Trinajstić information content (AvgIpc) is 2.91. The van der Waals surface area contributed by atoms with Crippen LogP contribution in [0.1, 0.15) is 31.4 Å². The standard InChI is InChI=1S/C18H22N2O3/c1-4-15(18(21)22-5-2)11-16-12-20(3)19-17(16)23-13-14-9-7-6-8-10-14/h6-12H,4-5,13H2,1-3H3/b15-11+. The van der Waals surface area contributed by atoms with Crippen molar-refractivity contribution in [2.75, 3.05) is 6.61 Å². The molecule has 0 fully saturated rings. The fraction of sp³-hybridized carbons (Fsp3) is 0.333. The summed E-state index contributed by atoms with van der Waals surface area (Å²) in [5.74, 6) is 0.208. The van der Waals surface area contributed by atoms with Gasteiger partial charge in [-0.3, -0.25) is 4.68 Å². The molecule has 1 heterocycles. The van der Waals surface area contributed by atoms with E-state index in [9.17, 15) is 4.79 Å². The third-order valence-corrected chi connectivity index (χ3v) is 3.29. The van der Waals surface area contributed by atoms with Gasteiger partial charge in [-0.2, -0.15) is 0 Å². The van der Waals surface area contributed by atoms with E-state index in [0.717, 1.165) is 11.1 Å². The zero-order valence-electron chi connectivity index (χ0n) is 13.8. The topological polar surface area (TPSA) is 53.4 Å². The van der Waals surface area contributed by atoms with E-state index in [0.29, 0.717) is 31.1 Å². The molecule has 0 radical (unpaired) electrons. The van der Waals surface area contributed by atoms with Crippen molar-refractivity contribution >= 4 is 12.0 Å². The van der Waals surface area contributed by atoms with Crippen LogP contribution in [0.15, 0.2) is 42.1 Å². The second kappa shape index (κ2) is 8.17. The van der Waals surface area contributed by atoms with Crippen molar-refractivity contribution in [1.82, 2.24) is 9.78 Å². The van der Waals surface area contributed by atoms with Crippen molar-refractivity contribution in [3.8, 4) is 5.88 Å². The highest BCUT2D eigenvalue weighted by atomic mass is 16.5. The highest BCUT2D eigenvalue weighted by molar-refractivity contribution is 5.93. The Morgan fingerprint density at radius 1 is 1.26 bits per heavy atom. The summed E-state index contributed by atoms with van der Waals surface area (Å²) in [5, 5.41) is 4.32. The predicted octanol–water partition coefficient (Wildman–Crippen LogP) is 3.36. The quantitative estimate of drug-likeness (QED) is 0.581. The minimum atomic E-state index is -0.298. The first-order valence-corrected chi connectivity index (χ1v) is 7.72. The third kappa shape index (κ3) is 4.71. The lowest BCUT2D eigenvalue weighted by Gasteiger charge is -2.06. The van der Waals surface area contributed by atoms with Gasteiger partial charge in [-0.05, 0) is 25.0 Å². The van der Waals surface area contributed by atoms with E-state index in [1.165, 1.54) is 0 Å². The Morgan fingerprint density at radius 2 is 2.00 bits per heavy atom. The van der Waals surface area contributed by atoms with Gasteiger partial charge >= 0.3 is 5.97 Å². The van der Waals surface area contributed by atoms with E-state index in [1.54, 1.807) is 17.7 Å². The molecule has 2 rings (SSSR count). The van der Waals surface area contributed by atoms with E-state index >= 15 is 0 Å². The number of ether oxygens (including phenoxy) is 2. The number of carbonyl (C=O) groups excluding carboxylic acids is 1. The molecule has 0 unspecified atom stereocenters. The molecule has 0 atom stereocenters. The Kier molecular flexibility index (Phi) is 5.97. The Bertz CT molecular complexity index is 675. The van der Waals surface area contributed by atoms with Gasteiger partial charge in [-0.15, -0.1) is 5.10 Å². The second-order valence-corrected chi connectivity index (χ2v) is 5.08. The number of hydrogen-bond donors (Lipinski definition) is 0. The number of esters is 1. The Balaban J connectivity index is 2.17. The fourth-order valence-corrected chi connectivity index (χ4v) is 2.14. The number of carbonyl (C=O) groups is 1. The maximum Gasteiger partial charge on any atom is 0.333 e. The summed E-state index contributed by atoms with van der Waals surface area (Å²) in [4.78, 5) is 11.9. The van der Waals surface area contributed by atoms with Crippen molar-refractivity contribution in [3.63, 3.8) is 0 Å². The first kappa shape index (κ1) is 16.8. The third-order valence-electron chi connectivity index (χ3n) is 3.29. The lowest BCUT2D eigenvalue weighted by atomic mass is 10.1. The molecule has 0 saturated carbocycles. The van der Waals surface area contributed by atoms with Gasteiger partial charge in [0.05, 0.1) is 12.2 Å². The lowest BCUT2D eigenvalue weighted by Crippen LogP contribution is -2.07. The van der Waals surface area contributed by atoms with Crippen LogP contribution in [0, 0.1) is 0 Å². The van der Waals surface area contributed by atoms with Gasteiger partial charge in [-0.25, -0.2) is 4.79 Å². The molecule has 0 amide bonds. The molecule has 0 bridgehead atoms. The Labute approximate surface area is 136 Å². The molecule has 1 aromatic carbocycles. The highest BCUT2D eigenvalue weighted by Gasteiger charge is 2.13. The van der Waals surface area contributed by atoms with Gasteiger partial charge in [0, 0.05) is 18.8 Å². The zero-order chi connectivity index (χ0) is 16.7. The summed E-state index contributed by atoms with van der Waals surface area (Å²) in [6, 6.07) is 9.89. The lowest BCUT2D eigenvalue weighted by molar-refractivity contribution is -0.138. The van der Waals surface area contributed by atoms with Crippen molar-refractivity contribution in [1.29, 1.82) is 0 Å². The van der Waals surface area contributed by atoms with Gasteiger partial charge in [0.15, 0.2) is 0 Å². The predicted molar refractivity (Wildman–Crippen MR) is 88.9 cm³/mol. The second-order valence-electron chi connectivity index (χ2n) is 5.08. The molecule has 5 heteroatoms. The van der Waals surface area contributed by atoms with Crippen LogP contribution < -0.4 is 4.74 Å². The first-order valence-electron chi connectivity index (χ1n) is 7.72. The summed E-state index contributed by atoms with van der Waals surface area (Å²) in [6.07, 6.45) is 4.20. The molecular formula is C18H22N2O3. The minimum absolute atomic E-state index is 0.298. The van der Waals surface area contributed by atoms with Crippen molar-refractivity contribution in [2.24, 2.45) is 7.05 Å². The number of hydrogen-bond acceptors (Lipinski definition) is 4. The van der Waals surface area contributed by atoms with Gasteiger partial charge in [0.2, 0.25) is 5.88 Å². The summed E-state index contributed by atoms with van der Waals surface area (Å²) in [7, 11) is 1.82. The van der Waals surface area contributed by atoms with Crippen LogP contribution in [0.5, 0.6) is 5.88 Å². The number of nitrogens with zero attached hydrogens (tertiary/aromatic N) is 2. The largest absolute Gasteiger partial charge is 0.471 e.